The summed E-state index contributed by atoms with van der Waals surface area (Å²) in [5, 5.41) is 2.89. The molecule has 0 aliphatic carbocycles. The lowest BCUT2D eigenvalue weighted by Gasteiger charge is -2.33. The topological polar surface area (TPSA) is 58.6 Å². The summed E-state index contributed by atoms with van der Waals surface area (Å²) in [5.41, 5.74) is 1.63. The van der Waals surface area contributed by atoms with Crippen molar-refractivity contribution >= 4 is 23.2 Å². The van der Waals surface area contributed by atoms with Crippen LogP contribution in [0.1, 0.15) is 40.0 Å². The minimum Gasteiger partial charge on any atom is -0.381 e. The molecule has 1 aromatic rings. The van der Waals surface area contributed by atoms with E-state index in [0.29, 0.717) is 25.6 Å². The predicted octanol–water partition coefficient (Wildman–Crippen LogP) is 3.20. The number of hydrogen-bond acceptors (Lipinski definition) is 3. The summed E-state index contributed by atoms with van der Waals surface area (Å²) in [6.45, 7) is 7.01. The van der Waals surface area contributed by atoms with Crippen molar-refractivity contribution in [2.75, 3.05) is 23.4 Å². The molecule has 0 spiro atoms. The first-order valence-corrected chi connectivity index (χ1v) is 8.25. The Morgan fingerprint density at radius 3 is 2.35 bits per heavy atom. The van der Waals surface area contributed by atoms with Gasteiger partial charge in [0, 0.05) is 44.0 Å². The van der Waals surface area contributed by atoms with Gasteiger partial charge in [-0.25, -0.2) is 0 Å². The summed E-state index contributed by atoms with van der Waals surface area (Å²) in [4.78, 5) is 25.7. The summed E-state index contributed by atoms with van der Waals surface area (Å²) >= 11 is 0. The van der Waals surface area contributed by atoms with Crippen molar-refractivity contribution in [1.82, 2.24) is 0 Å². The lowest BCUT2D eigenvalue weighted by Crippen LogP contribution is -2.42. The SMILES string of the molecule is CC(=O)N(c1ccc(NC(=O)CC(C)C)cc1)C1CCOCC1. The molecule has 1 fully saturated rings. The first kappa shape index (κ1) is 17.5. The van der Waals surface area contributed by atoms with Gasteiger partial charge in [-0.1, -0.05) is 13.8 Å². The van der Waals surface area contributed by atoms with Crippen LogP contribution in [0.15, 0.2) is 24.3 Å². The third-order valence-corrected chi connectivity index (χ3v) is 3.92. The fourth-order valence-electron chi connectivity index (χ4n) is 2.88. The van der Waals surface area contributed by atoms with E-state index in [2.05, 4.69) is 5.32 Å². The molecule has 126 valence electrons. The molecule has 5 heteroatoms. The molecule has 1 N–H and O–H groups in total. The number of rotatable bonds is 5. The zero-order valence-corrected chi connectivity index (χ0v) is 14.2. The molecule has 23 heavy (non-hydrogen) atoms. The van der Waals surface area contributed by atoms with Gasteiger partial charge < -0.3 is 15.0 Å². The Morgan fingerprint density at radius 2 is 1.83 bits per heavy atom. The minimum absolute atomic E-state index is 0.0144. The van der Waals surface area contributed by atoms with E-state index in [4.69, 9.17) is 4.74 Å². The zero-order valence-electron chi connectivity index (χ0n) is 14.2. The van der Waals surface area contributed by atoms with Crippen molar-refractivity contribution in [1.29, 1.82) is 0 Å². The highest BCUT2D eigenvalue weighted by atomic mass is 16.5. The predicted molar refractivity (Wildman–Crippen MR) is 91.5 cm³/mol. The molecule has 0 saturated carbocycles. The Morgan fingerprint density at radius 1 is 1.22 bits per heavy atom. The van der Waals surface area contributed by atoms with Crippen LogP contribution in [-0.4, -0.2) is 31.1 Å². The highest BCUT2D eigenvalue weighted by molar-refractivity contribution is 5.93. The highest BCUT2D eigenvalue weighted by Crippen LogP contribution is 2.25. The Labute approximate surface area is 138 Å². The second kappa shape index (κ2) is 8.11. The van der Waals surface area contributed by atoms with E-state index in [1.165, 1.54) is 0 Å². The van der Waals surface area contributed by atoms with E-state index in [9.17, 15) is 9.59 Å². The van der Waals surface area contributed by atoms with E-state index in [1.807, 2.05) is 43.0 Å². The van der Waals surface area contributed by atoms with Crippen LogP contribution >= 0.6 is 0 Å². The molecule has 0 aromatic heterocycles. The van der Waals surface area contributed by atoms with Crippen LogP contribution in [0.4, 0.5) is 11.4 Å². The van der Waals surface area contributed by atoms with Gasteiger partial charge in [-0.2, -0.15) is 0 Å². The van der Waals surface area contributed by atoms with Crippen molar-refractivity contribution in [2.45, 2.75) is 46.1 Å². The number of nitrogens with zero attached hydrogens (tertiary/aromatic N) is 1. The molecule has 1 aliphatic rings. The number of ether oxygens (including phenoxy) is 1. The lowest BCUT2D eigenvalue weighted by atomic mass is 10.1. The Hall–Kier alpha value is -1.88. The van der Waals surface area contributed by atoms with Gasteiger partial charge in [-0.15, -0.1) is 0 Å². The Kier molecular flexibility index (Phi) is 6.16. The molecule has 1 saturated heterocycles. The van der Waals surface area contributed by atoms with E-state index in [0.717, 1.165) is 24.2 Å². The fraction of sp³-hybridized carbons (Fsp3) is 0.556. The molecule has 1 aromatic carbocycles. The van der Waals surface area contributed by atoms with Crippen LogP contribution in [0, 0.1) is 5.92 Å². The van der Waals surface area contributed by atoms with Crippen LogP contribution in [0.2, 0.25) is 0 Å². The summed E-state index contributed by atoms with van der Waals surface area (Å²) < 4.78 is 5.37. The molecule has 1 heterocycles. The zero-order chi connectivity index (χ0) is 16.8. The van der Waals surface area contributed by atoms with Crippen molar-refractivity contribution in [2.24, 2.45) is 5.92 Å². The molecule has 2 rings (SSSR count). The second-order valence-electron chi connectivity index (χ2n) is 6.43. The van der Waals surface area contributed by atoms with E-state index in [1.54, 1.807) is 6.92 Å². The van der Waals surface area contributed by atoms with Crippen LogP contribution in [0.5, 0.6) is 0 Å². The number of benzene rings is 1. The Balaban J connectivity index is 2.06. The molecule has 5 nitrogen and oxygen atoms in total. The van der Waals surface area contributed by atoms with Crippen LogP contribution in [-0.2, 0) is 14.3 Å². The number of amides is 2. The largest absolute Gasteiger partial charge is 0.381 e. The van der Waals surface area contributed by atoms with Crippen molar-refractivity contribution in [3.8, 4) is 0 Å². The number of carbonyl (C=O) groups is 2. The maximum absolute atomic E-state index is 12.0. The third-order valence-electron chi connectivity index (χ3n) is 3.92. The van der Waals surface area contributed by atoms with Gasteiger partial charge in [0.25, 0.3) is 0 Å². The van der Waals surface area contributed by atoms with Gasteiger partial charge in [0.05, 0.1) is 0 Å². The first-order chi connectivity index (χ1) is 11.0. The number of nitrogens with one attached hydrogen (secondary N) is 1. The van der Waals surface area contributed by atoms with Crippen molar-refractivity contribution in [3.05, 3.63) is 24.3 Å². The minimum atomic E-state index is 0.0144. The third kappa shape index (κ3) is 5.06. The molecule has 2 amide bonds. The number of carbonyl (C=O) groups excluding carboxylic acids is 2. The van der Waals surface area contributed by atoms with E-state index < -0.39 is 0 Å². The molecule has 1 aliphatic heterocycles. The highest BCUT2D eigenvalue weighted by Gasteiger charge is 2.24. The number of anilines is 2. The molecule has 0 atom stereocenters. The normalized spacial score (nSPS) is 15.5. The maximum Gasteiger partial charge on any atom is 0.224 e. The average molecular weight is 318 g/mol. The first-order valence-electron chi connectivity index (χ1n) is 8.25. The van der Waals surface area contributed by atoms with Gasteiger partial charge in [0.2, 0.25) is 11.8 Å². The summed E-state index contributed by atoms with van der Waals surface area (Å²) in [7, 11) is 0. The smallest absolute Gasteiger partial charge is 0.224 e. The van der Waals surface area contributed by atoms with Crippen LogP contribution in [0.25, 0.3) is 0 Å². The lowest BCUT2D eigenvalue weighted by molar-refractivity contribution is -0.118. The fourth-order valence-corrected chi connectivity index (χ4v) is 2.88. The Bertz CT molecular complexity index is 534. The van der Waals surface area contributed by atoms with Gasteiger partial charge >= 0.3 is 0 Å². The maximum atomic E-state index is 12.0. The monoisotopic (exact) mass is 318 g/mol. The van der Waals surface area contributed by atoms with Crippen molar-refractivity contribution < 1.29 is 14.3 Å². The van der Waals surface area contributed by atoms with Crippen molar-refractivity contribution in [3.63, 3.8) is 0 Å². The van der Waals surface area contributed by atoms with Gasteiger partial charge in [0.1, 0.15) is 0 Å². The standard InChI is InChI=1S/C18H26N2O3/c1-13(2)12-18(22)19-15-4-6-16(7-5-15)20(14(3)21)17-8-10-23-11-9-17/h4-7,13,17H,8-12H2,1-3H3,(H,19,22). The van der Waals surface area contributed by atoms with Crippen LogP contribution in [0.3, 0.4) is 0 Å². The second-order valence-corrected chi connectivity index (χ2v) is 6.43. The average Bonchev–Trinajstić information content (AvgIpc) is 2.49. The van der Waals surface area contributed by atoms with Crippen LogP contribution < -0.4 is 10.2 Å². The summed E-state index contributed by atoms with van der Waals surface area (Å²) in [6.07, 6.45) is 2.21. The van der Waals surface area contributed by atoms with Gasteiger partial charge in [-0.05, 0) is 43.0 Å². The molecule has 0 bridgehead atoms. The molecule has 0 unspecified atom stereocenters. The quantitative estimate of drug-likeness (QED) is 0.907. The van der Waals surface area contributed by atoms with Gasteiger partial charge in [-0.3, -0.25) is 9.59 Å². The van der Waals surface area contributed by atoms with E-state index in [-0.39, 0.29) is 17.9 Å². The molecule has 0 radical (unpaired) electrons. The molecular formula is C18H26N2O3. The number of hydrogen-bond donors (Lipinski definition) is 1. The van der Waals surface area contributed by atoms with E-state index >= 15 is 0 Å². The summed E-state index contributed by atoms with van der Waals surface area (Å²) in [5.74, 6) is 0.380. The summed E-state index contributed by atoms with van der Waals surface area (Å²) in [6, 6.07) is 7.66. The molecular weight excluding hydrogens is 292 g/mol. The van der Waals surface area contributed by atoms with Gasteiger partial charge in [0.15, 0.2) is 0 Å².